The number of ether oxygens (including phenoxy) is 2. The van der Waals surface area contributed by atoms with Crippen LogP contribution in [-0.2, 0) is 0 Å². The fraction of sp³-hybridized carbons (Fsp3) is 0.235. The first-order valence-electron chi connectivity index (χ1n) is 6.66. The normalized spacial score (nSPS) is 10.5. The molecule has 0 aliphatic heterocycles. The molecule has 0 saturated carbocycles. The van der Waals surface area contributed by atoms with E-state index < -0.39 is 0 Å². The van der Waals surface area contributed by atoms with Crippen LogP contribution in [0.2, 0.25) is 5.02 Å². The van der Waals surface area contributed by atoms with Crippen molar-refractivity contribution in [3.8, 4) is 11.5 Å². The van der Waals surface area contributed by atoms with Crippen LogP contribution in [0.4, 0.5) is 0 Å². The van der Waals surface area contributed by atoms with E-state index in [-0.39, 0.29) is 11.9 Å². The van der Waals surface area contributed by atoms with Crippen molar-refractivity contribution in [1.82, 2.24) is 0 Å². The van der Waals surface area contributed by atoms with E-state index in [0.717, 1.165) is 0 Å². The maximum atomic E-state index is 12.5. The predicted octanol–water partition coefficient (Wildman–Crippen LogP) is 4.37. The molecule has 0 atom stereocenters. The summed E-state index contributed by atoms with van der Waals surface area (Å²) in [6, 6.07) is 12.1. The number of benzene rings is 2. The van der Waals surface area contributed by atoms with Gasteiger partial charge in [0.25, 0.3) is 0 Å². The van der Waals surface area contributed by atoms with Gasteiger partial charge in [-0.2, -0.15) is 0 Å². The molecule has 0 N–H and O–H groups in total. The molecule has 0 amide bonds. The molecule has 0 spiro atoms. The van der Waals surface area contributed by atoms with Crippen molar-refractivity contribution in [3.05, 3.63) is 58.6 Å². The van der Waals surface area contributed by atoms with Crippen LogP contribution < -0.4 is 9.47 Å². The minimum atomic E-state index is -0.0980. The predicted molar refractivity (Wildman–Crippen MR) is 83.6 cm³/mol. The van der Waals surface area contributed by atoms with Crippen LogP contribution in [0.5, 0.6) is 11.5 Å². The lowest BCUT2D eigenvalue weighted by Gasteiger charge is -2.11. The highest BCUT2D eigenvalue weighted by molar-refractivity contribution is 6.32. The van der Waals surface area contributed by atoms with E-state index in [1.165, 1.54) is 7.11 Å². The van der Waals surface area contributed by atoms with E-state index in [9.17, 15) is 4.79 Å². The molecule has 2 rings (SSSR count). The summed E-state index contributed by atoms with van der Waals surface area (Å²) in [5.74, 6) is 1.06. The highest BCUT2D eigenvalue weighted by Crippen LogP contribution is 2.26. The van der Waals surface area contributed by atoms with Crippen molar-refractivity contribution in [2.75, 3.05) is 7.11 Å². The average molecular weight is 305 g/mol. The molecule has 0 aliphatic rings. The highest BCUT2D eigenvalue weighted by atomic mass is 35.5. The second-order valence-electron chi connectivity index (χ2n) is 4.87. The van der Waals surface area contributed by atoms with Crippen LogP contribution in [0.15, 0.2) is 42.5 Å². The van der Waals surface area contributed by atoms with E-state index in [4.69, 9.17) is 21.1 Å². The number of carbonyl (C=O) groups excluding carboxylic acids is 1. The average Bonchev–Trinajstić information content (AvgIpc) is 2.46. The standard InChI is InChI=1S/C17H17ClO3/c1-11(2)21-14-6-4-5-12(9-14)17(19)13-7-8-15(18)16(10-13)20-3/h4-11H,1-3H3. The SMILES string of the molecule is COc1cc(C(=O)c2cccc(OC(C)C)c2)ccc1Cl. The van der Waals surface area contributed by atoms with Gasteiger partial charge in [-0.3, -0.25) is 4.79 Å². The van der Waals surface area contributed by atoms with Gasteiger partial charge in [-0.25, -0.2) is 0 Å². The Labute approximate surface area is 129 Å². The third-order valence-corrected chi connectivity index (χ3v) is 3.19. The van der Waals surface area contributed by atoms with Crippen molar-refractivity contribution in [2.24, 2.45) is 0 Å². The molecular weight excluding hydrogens is 288 g/mol. The summed E-state index contributed by atoms with van der Waals surface area (Å²) in [5.41, 5.74) is 1.09. The van der Waals surface area contributed by atoms with Crippen molar-refractivity contribution < 1.29 is 14.3 Å². The molecule has 0 unspecified atom stereocenters. The molecule has 110 valence electrons. The summed E-state index contributed by atoms with van der Waals surface area (Å²) in [5, 5.41) is 0.478. The number of methoxy groups -OCH3 is 1. The lowest BCUT2D eigenvalue weighted by molar-refractivity contribution is 0.103. The van der Waals surface area contributed by atoms with Crippen LogP contribution >= 0.6 is 11.6 Å². The minimum absolute atomic E-state index is 0.0611. The fourth-order valence-corrected chi connectivity index (χ4v) is 2.15. The lowest BCUT2D eigenvalue weighted by Crippen LogP contribution is -2.07. The Morgan fingerprint density at radius 3 is 2.48 bits per heavy atom. The van der Waals surface area contributed by atoms with Crippen LogP contribution in [-0.4, -0.2) is 19.0 Å². The maximum Gasteiger partial charge on any atom is 0.193 e. The molecule has 0 saturated heterocycles. The van der Waals surface area contributed by atoms with Gasteiger partial charge in [0.1, 0.15) is 11.5 Å². The van der Waals surface area contributed by atoms with Gasteiger partial charge < -0.3 is 9.47 Å². The number of ketones is 1. The fourth-order valence-electron chi connectivity index (χ4n) is 1.95. The first kappa shape index (κ1) is 15.4. The van der Waals surface area contributed by atoms with Crippen LogP contribution in [0, 0.1) is 0 Å². The van der Waals surface area contributed by atoms with E-state index in [1.54, 1.807) is 36.4 Å². The molecule has 3 nitrogen and oxygen atoms in total. The molecule has 0 aromatic heterocycles. The van der Waals surface area contributed by atoms with Gasteiger partial charge in [0, 0.05) is 11.1 Å². The Balaban J connectivity index is 2.31. The zero-order valence-corrected chi connectivity index (χ0v) is 13.0. The summed E-state index contributed by atoms with van der Waals surface area (Å²) in [6.07, 6.45) is 0.0611. The number of carbonyl (C=O) groups is 1. The Bertz CT molecular complexity index is 650. The topological polar surface area (TPSA) is 35.5 Å². The lowest BCUT2D eigenvalue weighted by atomic mass is 10.0. The summed E-state index contributed by atoms with van der Waals surface area (Å²) < 4.78 is 10.7. The summed E-state index contributed by atoms with van der Waals surface area (Å²) in [4.78, 5) is 12.5. The van der Waals surface area contributed by atoms with E-state index >= 15 is 0 Å². The third-order valence-electron chi connectivity index (χ3n) is 2.88. The van der Waals surface area contributed by atoms with Crippen LogP contribution in [0.25, 0.3) is 0 Å². The second kappa shape index (κ2) is 6.64. The molecular formula is C17H17ClO3. The van der Waals surface area contributed by atoms with Gasteiger partial charge in [-0.05, 0) is 44.2 Å². The zero-order valence-electron chi connectivity index (χ0n) is 12.2. The Hall–Kier alpha value is -2.00. The van der Waals surface area contributed by atoms with E-state index in [1.807, 2.05) is 19.9 Å². The van der Waals surface area contributed by atoms with Crippen molar-refractivity contribution >= 4 is 17.4 Å². The van der Waals surface area contributed by atoms with Gasteiger partial charge in [-0.1, -0.05) is 23.7 Å². The molecule has 21 heavy (non-hydrogen) atoms. The van der Waals surface area contributed by atoms with Gasteiger partial charge in [-0.15, -0.1) is 0 Å². The molecule has 0 heterocycles. The number of rotatable bonds is 5. The molecule has 0 fully saturated rings. The smallest absolute Gasteiger partial charge is 0.193 e. The molecule has 0 radical (unpaired) electrons. The van der Waals surface area contributed by atoms with Gasteiger partial charge in [0.15, 0.2) is 5.78 Å². The van der Waals surface area contributed by atoms with Gasteiger partial charge >= 0.3 is 0 Å². The molecule has 0 aliphatic carbocycles. The first-order valence-corrected chi connectivity index (χ1v) is 7.04. The van der Waals surface area contributed by atoms with Gasteiger partial charge in [0.05, 0.1) is 18.2 Å². The maximum absolute atomic E-state index is 12.5. The second-order valence-corrected chi connectivity index (χ2v) is 5.28. The van der Waals surface area contributed by atoms with Crippen molar-refractivity contribution in [2.45, 2.75) is 20.0 Å². The highest BCUT2D eigenvalue weighted by Gasteiger charge is 2.12. The largest absolute Gasteiger partial charge is 0.495 e. The molecule has 0 bridgehead atoms. The minimum Gasteiger partial charge on any atom is -0.495 e. The molecule has 2 aromatic carbocycles. The Kier molecular flexibility index (Phi) is 4.86. The van der Waals surface area contributed by atoms with Crippen LogP contribution in [0.3, 0.4) is 0 Å². The number of hydrogen-bond donors (Lipinski definition) is 0. The Morgan fingerprint density at radius 2 is 1.81 bits per heavy atom. The Morgan fingerprint density at radius 1 is 1.10 bits per heavy atom. The summed E-state index contributed by atoms with van der Waals surface area (Å²) in [6.45, 7) is 3.89. The monoisotopic (exact) mass is 304 g/mol. The molecule has 2 aromatic rings. The van der Waals surface area contributed by atoms with Gasteiger partial charge in [0.2, 0.25) is 0 Å². The van der Waals surface area contributed by atoms with E-state index in [0.29, 0.717) is 27.6 Å². The number of hydrogen-bond acceptors (Lipinski definition) is 3. The first-order chi connectivity index (χ1) is 10.0. The van der Waals surface area contributed by atoms with Crippen LogP contribution in [0.1, 0.15) is 29.8 Å². The third kappa shape index (κ3) is 3.76. The summed E-state index contributed by atoms with van der Waals surface area (Å²) >= 11 is 5.97. The number of halogens is 1. The van der Waals surface area contributed by atoms with Crippen molar-refractivity contribution in [3.63, 3.8) is 0 Å². The zero-order chi connectivity index (χ0) is 15.4. The van der Waals surface area contributed by atoms with Crippen molar-refractivity contribution in [1.29, 1.82) is 0 Å². The molecule has 4 heteroatoms. The quantitative estimate of drug-likeness (QED) is 0.770. The van der Waals surface area contributed by atoms with E-state index in [2.05, 4.69) is 0 Å². The summed E-state index contributed by atoms with van der Waals surface area (Å²) in [7, 11) is 1.52.